The van der Waals surface area contributed by atoms with E-state index < -0.39 is 64.2 Å². The van der Waals surface area contributed by atoms with Crippen molar-refractivity contribution in [2.45, 2.75) is 46.6 Å². The second-order valence-corrected chi connectivity index (χ2v) is 11.0. The summed E-state index contributed by atoms with van der Waals surface area (Å²) in [6.45, 7) is 5.77. The number of benzene rings is 1. The van der Waals surface area contributed by atoms with Gasteiger partial charge in [-0.3, -0.25) is 19.7 Å². The second-order valence-electron chi connectivity index (χ2n) is 11.0. The quantitative estimate of drug-likeness (QED) is 0.258. The van der Waals surface area contributed by atoms with E-state index in [9.17, 15) is 34.5 Å². The monoisotopic (exact) mass is 513 g/mol. The number of ether oxygens (including phenoxy) is 1. The highest BCUT2D eigenvalue weighted by atomic mass is 16.5. The molecule has 3 aliphatic carbocycles. The number of Topliss-reactive ketones (excluding diaryl/α,β-unsaturated/α-hetero) is 2. The number of carbonyl (C=O) groups excluding carboxylic acids is 4. The van der Waals surface area contributed by atoms with Crippen LogP contribution in [0.15, 0.2) is 28.7 Å². The number of ketones is 2. The number of carbonyl (C=O) groups is 4. The van der Waals surface area contributed by atoms with Crippen LogP contribution in [-0.2, 0) is 27.3 Å². The summed E-state index contributed by atoms with van der Waals surface area (Å²) in [6, 6.07) is 1.48. The van der Waals surface area contributed by atoms with Gasteiger partial charge in [0.15, 0.2) is 17.3 Å². The average molecular weight is 514 g/mol. The van der Waals surface area contributed by atoms with Gasteiger partial charge >= 0.3 is 6.09 Å². The van der Waals surface area contributed by atoms with Crippen LogP contribution in [-0.4, -0.2) is 45.5 Å². The van der Waals surface area contributed by atoms with Crippen molar-refractivity contribution in [3.63, 3.8) is 0 Å². The van der Waals surface area contributed by atoms with Crippen LogP contribution in [0.25, 0.3) is 0 Å². The second kappa shape index (κ2) is 9.22. The maximum absolute atomic E-state index is 13.7. The van der Waals surface area contributed by atoms with Crippen LogP contribution in [0, 0.1) is 23.2 Å². The van der Waals surface area contributed by atoms with Crippen LogP contribution in [0.2, 0.25) is 0 Å². The number of anilines is 1. The number of phenolic OH excluding ortho intramolecular Hbond substituents is 1. The Labute approximate surface area is 213 Å². The molecular weight excluding hydrogens is 482 g/mol. The molecule has 2 amide bonds. The summed E-state index contributed by atoms with van der Waals surface area (Å²) in [6.07, 6.45) is -0.353. The first-order valence-corrected chi connectivity index (χ1v) is 12.0. The van der Waals surface area contributed by atoms with E-state index in [2.05, 4.69) is 5.32 Å². The van der Waals surface area contributed by atoms with E-state index in [-0.39, 0.29) is 54.7 Å². The molecule has 0 saturated heterocycles. The zero-order chi connectivity index (χ0) is 27.4. The Kier molecular flexibility index (Phi) is 6.53. The number of aromatic hydroxyl groups is 1. The number of allylic oxidation sites excluding steroid dienone is 3. The van der Waals surface area contributed by atoms with Gasteiger partial charge < -0.3 is 31.5 Å². The van der Waals surface area contributed by atoms with Crippen LogP contribution >= 0.6 is 0 Å². The van der Waals surface area contributed by atoms with E-state index in [1.54, 1.807) is 0 Å². The molecule has 3 unspecified atom stereocenters. The van der Waals surface area contributed by atoms with E-state index in [1.807, 2.05) is 20.8 Å². The van der Waals surface area contributed by atoms with Crippen molar-refractivity contribution >= 4 is 29.3 Å². The van der Waals surface area contributed by atoms with Gasteiger partial charge in [0.2, 0.25) is 0 Å². The van der Waals surface area contributed by atoms with Gasteiger partial charge in [-0.05, 0) is 47.3 Å². The Bertz CT molecular complexity index is 1290. The predicted octanol–water partition coefficient (Wildman–Crippen LogP) is 2.52. The van der Waals surface area contributed by atoms with E-state index in [0.29, 0.717) is 11.1 Å². The maximum Gasteiger partial charge on any atom is 0.411 e. The molecule has 37 heavy (non-hydrogen) atoms. The normalized spacial score (nSPS) is 23.3. The third-order valence-electron chi connectivity index (χ3n) is 7.07. The van der Waals surface area contributed by atoms with Crippen molar-refractivity contribution in [2.75, 3.05) is 11.9 Å². The van der Waals surface area contributed by atoms with E-state index in [1.165, 1.54) is 6.07 Å². The fourth-order valence-electron chi connectivity index (χ4n) is 5.49. The average Bonchev–Trinajstić information content (AvgIpc) is 2.78. The number of aliphatic hydroxyl groups is 2. The number of amides is 2. The molecule has 0 heterocycles. The number of aliphatic hydroxyl groups excluding tert-OH is 2. The molecule has 0 aromatic heterocycles. The molecule has 8 N–H and O–H groups in total. The molecule has 0 saturated carbocycles. The molecule has 198 valence electrons. The highest BCUT2D eigenvalue weighted by Crippen LogP contribution is 2.50. The lowest BCUT2D eigenvalue weighted by Crippen LogP contribution is -2.43. The zero-order valence-corrected chi connectivity index (χ0v) is 20.9. The van der Waals surface area contributed by atoms with Crippen molar-refractivity contribution in [1.29, 1.82) is 0 Å². The Morgan fingerprint density at radius 1 is 1.16 bits per heavy atom. The number of hydrogen-bond acceptors (Lipinski definition) is 9. The largest absolute Gasteiger partial charge is 0.511 e. The van der Waals surface area contributed by atoms with E-state index in [4.69, 9.17) is 16.2 Å². The molecule has 0 aliphatic heterocycles. The smallest absolute Gasteiger partial charge is 0.411 e. The van der Waals surface area contributed by atoms with Gasteiger partial charge in [-0.2, -0.15) is 0 Å². The van der Waals surface area contributed by atoms with Gasteiger partial charge in [0.1, 0.15) is 17.1 Å². The van der Waals surface area contributed by atoms with E-state index >= 15 is 0 Å². The lowest BCUT2D eigenvalue weighted by molar-refractivity contribution is -0.126. The van der Waals surface area contributed by atoms with Crippen LogP contribution < -0.4 is 16.8 Å². The summed E-state index contributed by atoms with van der Waals surface area (Å²) in [7, 11) is 0. The van der Waals surface area contributed by atoms with Crippen LogP contribution in [0.1, 0.15) is 55.1 Å². The number of hydrogen-bond donors (Lipinski definition) is 6. The van der Waals surface area contributed by atoms with Crippen molar-refractivity contribution in [1.82, 2.24) is 0 Å². The number of rotatable bonds is 4. The SMILES string of the molecule is CC(C)(C)COC(=O)Nc1cc(CN)c2c(c1O)C(=O)C1=C(O)C3C(=O)C(C(N)=O)=C(O)CC3CC1C2. The van der Waals surface area contributed by atoms with Crippen LogP contribution in [0.5, 0.6) is 5.75 Å². The Balaban J connectivity index is 1.75. The Hall–Kier alpha value is -3.86. The summed E-state index contributed by atoms with van der Waals surface area (Å²) >= 11 is 0. The molecular formula is C26H31N3O8. The Morgan fingerprint density at radius 2 is 1.84 bits per heavy atom. The maximum atomic E-state index is 13.7. The van der Waals surface area contributed by atoms with Crippen molar-refractivity contribution in [3.05, 3.63) is 45.4 Å². The molecule has 1 aromatic rings. The first-order valence-electron chi connectivity index (χ1n) is 12.0. The van der Waals surface area contributed by atoms with Gasteiger partial charge in [-0.15, -0.1) is 0 Å². The lowest BCUT2D eigenvalue weighted by Gasteiger charge is -2.41. The highest BCUT2D eigenvalue weighted by molar-refractivity contribution is 6.22. The zero-order valence-electron chi connectivity index (χ0n) is 20.9. The molecule has 0 spiro atoms. The van der Waals surface area contributed by atoms with Crippen molar-refractivity contribution in [3.8, 4) is 5.75 Å². The number of fused-ring (bicyclic) bond motifs is 3. The van der Waals surface area contributed by atoms with Gasteiger partial charge in [0.25, 0.3) is 5.91 Å². The Morgan fingerprint density at radius 3 is 2.43 bits per heavy atom. The van der Waals surface area contributed by atoms with Crippen LogP contribution in [0.3, 0.4) is 0 Å². The van der Waals surface area contributed by atoms with Gasteiger partial charge in [0, 0.05) is 18.5 Å². The molecule has 11 heteroatoms. The molecule has 3 aliphatic rings. The minimum atomic E-state index is -1.21. The molecule has 4 rings (SSSR count). The minimum absolute atomic E-state index is 0.00932. The third-order valence-corrected chi connectivity index (χ3v) is 7.07. The van der Waals surface area contributed by atoms with Crippen LogP contribution in [0.4, 0.5) is 10.5 Å². The number of nitrogens with one attached hydrogen (secondary N) is 1. The number of phenols is 1. The number of primary amides is 1. The summed E-state index contributed by atoms with van der Waals surface area (Å²) in [5, 5.41) is 34.8. The lowest BCUT2D eigenvalue weighted by atomic mass is 9.62. The van der Waals surface area contributed by atoms with Gasteiger partial charge in [-0.25, -0.2) is 4.79 Å². The highest BCUT2D eigenvalue weighted by Gasteiger charge is 2.50. The number of nitrogens with two attached hydrogens (primary N) is 2. The molecule has 11 nitrogen and oxygen atoms in total. The van der Waals surface area contributed by atoms with Crippen molar-refractivity contribution in [2.24, 2.45) is 34.6 Å². The van der Waals surface area contributed by atoms with Gasteiger partial charge in [-0.1, -0.05) is 20.8 Å². The minimum Gasteiger partial charge on any atom is -0.511 e. The topological polar surface area (TPSA) is 202 Å². The molecule has 3 atom stereocenters. The van der Waals surface area contributed by atoms with Crippen molar-refractivity contribution < 1.29 is 39.2 Å². The standard InChI is InChI=1S/C26H31N3O8/c1-26(2,3)9-37-25(36)29-14-6-12(8-27)13-5-10-4-11-7-15(30)19(24(28)35)23(34)17(11)21(32)16(10)22(33)18(13)20(14)31/h6,10-11,17,30-32H,4-5,7-9,27H2,1-3H3,(H2,28,35)(H,29,36). The fraction of sp³-hybridized carbons (Fsp3) is 0.462. The molecule has 1 aromatic carbocycles. The first-order chi connectivity index (χ1) is 17.2. The molecule has 0 bridgehead atoms. The summed E-state index contributed by atoms with van der Waals surface area (Å²) < 4.78 is 5.20. The molecule has 0 fully saturated rings. The van der Waals surface area contributed by atoms with Gasteiger partial charge in [0.05, 0.1) is 23.8 Å². The molecule has 0 radical (unpaired) electrons. The summed E-state index contributed by atoms with van der Waals surface area (Å²) in [5.41, 5.74) is 11.1. The predicted molar refractivity (Wildman–Crippen MR) is 132 cm³/mol. The first kappa shape index (κ1) is 26.2. The summed E-state index contributed by atoms with van der Waals surface area (Å²) in [5.74, 6) is -6.32. The fourth-order valence-corrected chi connectivity index (χ4v) is 5.49. The summed E-state index contributed by atoms with van der Waals surface area (Å²) in [4.78, 5) is 50.7. The van der Waals surface area contributed by atoms with E-state index in [0.717, 1.165) is 0 Å². The third kappa shape index (κ3) is 4.55.